The molecule has 3 heteroatoms. The molecule has 1 aromatic rings. The topological polar surface area (TPSA) is 24.5 Å². The van der Waals surface area contributed by atoms with Crippen LogP contribution in [0.15, 0.2) is 30.3 Å². The van der Waals surface area contributed by atoms with Crippen LogP contribution >= 0.6 is 0 Å². The number of rotatable bonds is 5. The van der Waals surface area contributed by atoms with E-state index in [0.717, 1.165) is 12.2 Å². The van der Waals surface area contributed by atoms with Crippen LogP contribution in [-0.2, 0) is 4.84 Å². The second-order valence-corrected chi connectivity index (χ2v) is 3.12. The van der Waals surface area contributed by atoms with Gasteiger partial charge in [0.05, 0.1) is 12.3 Å². The zero-order valence-corrected chi connectivity index (χ0v) is 8.16. The fourth-order valence-electron chi connectivity index (χ4n) is 0.869. The lowest BCUT2D eigenvalue weighted by molar-refractivity contribution is 0.168. The van der Waals surface area contributed by atoms with E-state index < -0.39 is 0 Å². The monoisotopic (exact) mass is 180 g/mol. The van der Waals surface area contributed by atoms with Crippen LogP contribution in [0.2, 0.25) is 0 Å². The minimum absolute atomic E-state index is 0.682. The smallest absolute Gasteiger partial charge is 0.0872 e. The zero-order valence-electron chi connectivity index (χ0n) is 8.16. The summed E-state index contributed by atoms with van der Waals surface area (Å²) in [5.41, 5.74) is 3.86. The Morgan fingerprint density at radius 2 is 1.92 bits per heavy atom. The maximum Gasteiger partial charge on any atom is 0.0872 e. The van der Waals surface area contributed by atoms with Crippen molar-refractivity contribution in [3.63, 3.8) is 0 Å². The van der Waals surface area contributed by atoms with E-state index in [-0.39, 0.29) is 0 Å². The van der Waals surface area contributed by atoms with Crippen molar-refractivity contribution in [1.29, 1.82) is 0 Å². The summed E-state index contributed by atoms with van der Waals surface area (Å²) in [6.45, 7) is 1.60. The molecule has 1 N–H and O–H groups in total. The Morgan fingerprint density at radius 1 is 1.23 bits per heavy atom. The Labute approximate surface area is 79.3 Å². The summed E-state index contributed by atoms with van der Waals surface area (Å²) in [6, 6.07) is 9.85. The third kappa shape index (κ3) is 4.50. The highest BCUT2D eigenvalue weighted by molar-refractivity contribution is 5.39. The number of likely N-dealkylation sites (N-methyl/N-ethyl adjacent to an activating group) is 1. The lowest BCUT2D eigenvalue weighted by atomic mass is 10.3. The maximum absolute atomic E-state index is 5.24. The van der Waals surface area contributed by atoms with Gasteiger partial charge in [0.1, 0.15) is 0 Å². The Morgan fingerprint density at radius 3 is 2.54 bits per heavy atom. The molecule has 0 aliphatic heterocycles. The molecule has 0 heterocycles. The van der Waals surface area contributed by atoms with Crippen LogP contribution in [0.3, 0.4) is 0 Å². The van der Waals surface area contributed by atoms with E-state index in [9.17, 15) is 0 Å². The molecule has 1 aromatic carbocycles. The van der Waals surface area contributed by atoms with Crippen molar-refractivity contribution in [3.8, 4) is 0 Å². The lowest BCUT2D eigenvalue weighted by Crippen LogP contribution is -2.19. The van der Waals surface area contributed by atoms with E-state index in [1.165, 1.54) is 0 Å². The predicted molar refractivity (Wildman–Crippen MR) is 54.6 cm³/mol. The third-order valence-electron chi connectivity index (χ3n) is 1.60. The predicted octanol–water partition coefficient (Wildman–Crippen LogP) is 1.59. The molecule has 0 unspecified atom stereocenters. The first-order valence-electron chi connectivity index (χ1n) is 4.36. The molecule has 0 saturated carbocycles. The Balaban J connectivity index is 2.13. The van der Waals surface area contributed by atoms with Crippen molar-refractivity contribution in [3.05, 3.63) is 30.3 Å². The Hall–Kier alpha value is -1.06. The molecule has 1 rings (SSSR count). The van der Waals surface area contributed by atoms with Crippen LogP contribution in [0.25, 0.3) is 0 Å². The second kappa shape index (κ2) is 5.56. The first-order chi connectivity index (χ1) is 6.29. The average Bonchev–Trinajstić information content (AvgIpc) is 2.14. The zero-order chi connectivity index (χ0) is 9.52. The molecule has 0 bridgehead atoms. The first kappa shape index (κ1) is 10.0. The molecule has 72 valence electrons. The van der Waals surface area contributed by atoms with Crippen LogP contribution in [-0.4, -0.2) is 32.1 Å². The van der Waals surface area contributed by atoms with Crippen molar-refractivity contribution in [2.24, 2.45) is 0 Å². The summed E-state index contributed by atoms with van der Waals surface area (Å²) in [4.78, 5) is 7.31. The van der Waals surface area contributed by atoms with E-state index in [4.69, 9.17) is 4.84 Å². The number of hydrogen-bond donors (Lipinski definition) is 1. The van der Waals surface area contributed by atoms with Gasteiger partial charge in [-0.1, -0.05) is 18.2 Å². The highest BCUT2D eigenvalue weighted by atomic mass is 16.6. The van der Waals surface area contributed by atoms with Gasteiger partial charge in [-0.05, 0) is 26.2 Å². The summed E-state index contributed by atoms with van der Waals surface area (Å²) in [7, 11) is 4.04. The number of anilines is 1. The summed E-state index contributed by atoms with van der Waals surface area (Å²) >= 11 is 0. The highest BCUT2D eigenvalue weighted by Gasteiger charge is 1.91. The van der Waals surface area contributed by atoms with Gasteiger partial charge in [-0.2, -0.15) is 0 Å². The second-order valence-electron chi connectivity index (χ2n) is 3.12. The largest absolute Gasteiger partial charge is 0.307 e. The van der Waals surface area contributed by atoms with Gasteiger partial charge in [0.15, 0.2) is 0 Å². The molecule has 0 aliphatic rings. The molecule has 0 spiro atoms. The summed E-state index contributed by atoms with van der Waals surface area (Å²) < 4.78 is 0. The van der Waals surface area contributed by atoms with Crippen LogP contribution < -0.4 is 5.48 Å². The standard InChI is InChI=1S/C10H16N2O/c1-12(2)8-9-13-11-10-6-4-3-5-7-10/h3-7,11H,8-9H2,1-2H3. The summed E-state index contributed by atoms with van der Waals surface area (Å²) in [6.07, 6.45) is 0. The Bertz CT molecular complexity index is 224. The number of nitrogens with one attached hydrogen (secondary N) is 1. The third-order valence-corrected chi connectivity index (χ3v) is 1.60. The molecular weight excluding hydrogens is 164 g/mol. The van der Waals surface area contributed by atoms with E-state index in [1.807, 2.05) is 44.4 Å². The van der Waals surface area contributed by atoms with Crippen LogP contribution in [0.1, 0.15) is 0 Å². The van der Waals surface area contributed by atoms with Crippen molar-refractivity contribution in [1.82, 2.24) is 4.90 Å². The minimum Gasteiger partial charge on any atom is -0.307 e. The summed E-state index contributed by atoms with van der Waals surface area (Å²) in [5, 5.41) is 0. The molecule has 13 heavy (non-hydrogen) atoms. The molecule has 0 fully saturated rings. The van der Waals surface area contributed by atoms with Gasteiger partial charge in [0.2, 0.25) is 0 Å². The van der Waals surface area contributed by atoms with Crippen molar-refractivity contribution in [2.45, 2.75) is 0 Å². The molecule has 0 aliphatic carbocycles. The molecule has 0 radical (unpaired) electrons. The van der Waals surface area contributed by atoms with Gasteiger partial charge < -0.3 is 4.90 Å². The molecule has 3 nitrogen and oxygen atoms in total. The number of benzene rings is 1. The van der Waals surface area contributed by atoms with Gasteiger partial charge in [-0.25, -0.2) is 0 Å². The molecule has 0 atom stereocenters. The van der Waals surface area contributed by atoms with Gasteiger partial charge in [-0.3, -0.25) is 10.3 Å². The molecule has 0 aromatic heterocycles. The first-order valence-corrected chi connectivity index (χ1v) is 4.36. The van der Waals surface area contributed by atoms with Gasteiger partial charge in [-0.15, -0.1) is 0 Å². The van der Waals surface area contributed by atoms with E-state index in [0.29, 0.717) is 6.61 Å². The lowest BCUT2D eigenvalue weighted by Gasteiger charge is -2.10. The average molecular weight is 180 g/mol. The summed E-state index contributed by atoms with van der Waals surface area (Å²) in [5.74, 6) is 0. The van der Waals surface area contributed by atoms with Crippen LogP contribution in [0.5, 0.6) is 0 Å². The van der Waals surface area contributed by atoms with Gasteiger partial charge in [0.25, 0.3) is 0 Å². The molecule has 0 saturated heterocycles. The number of hydrogen-bond acceptors (Lipinski definition) is 3. The van der Waals surface area contributed by atoms with Crippen molar-refractivity contribution >= 4 is 5.69 Å². The number of nitrogens with zero attached hydrogens (tertiary/aromatic N) is 1. The highest BCUT2D eigenvalue weighted by Crippen LogP contribution is 2.03. The fourth-order valence-corrected chi connectivity index (χ4v) is 0.869. The number of para-hydroxylation sites is 1. The van der Waals surface area contributed by atoms with E-state index in [2.05, 4.69) is 10.4 Å². The van der Waals surface area contributed by atoms with Gasteiger partial charge >= 0.3 is 0 Å². The molecule has 0 amide bonds. The van der Waals surface area contributed by atoms with Crippen LogP contribution in [0, 0.1) is 0 Å². The van der Waals surface area contributed by atoms with Crippen molar-refractivity contribution < 1.29 is 4.84 Å². The maximum atomic E-state index is 5.24. The van der Waals surface area contributed by atoms with Crippen molar-refractivity contribution in [2.75, 3.05) is 32.7 Å². The minimum atomic E-state index is 0.682. The fraction of sp³-hybridized carbons (Fsp3) is 0.400. The SMILES string of the molecule is CN(C)CCONc1ccccc1. The van der Waals surface area contributed by atoms with E-state index >= 15 is 0 Å². The van der Waals surface area contributed by atoms with E-state index in [1.54, 1.807) is 0 Å². The quantitative estimate of drug-likeness (QED) is 0.550. The Kier molecular flexibility index (Phi) is 4.29. The molecular formula is C10H16N2O. The van der Waals surface area contributed by atoms with Gasteiger partial charge in [0, 0.05) is 6.54 Å². The van der Waals surface area contributed by atoms with Crippen LogP contribution in [0.4, 0.5) is 5.69 Å². The normalized spacial score (nSPS) is 10.4.